The number of rotatable bonds is 3. The van der Waals surface area contributed by atoms with Crippen LogP contribution < -0.4 is 10.6 Å². The number of nitrogens with one attached hydrogen (secondary N) is 2. The predicted molar refractivity (Wildman–Crippen MR) is 75.8 cm³/mol. The van der Waals surface area contributed by atoms with Gasteiger partial charge in [-0.2, -0.15) is 0 Å². The van der Waals surface area contributed by atoms with Crippen molar-refractivity contribution in [2.75, 3.05) is 25.0 Å². The van der Waals surface area contributed by atoms with Crippen molar-refractivity contribution in [1.82, 2.24) is 10.3 Å². The van der Waals surface area contributed by atoms with E-state index in [1.807, 2.05) is 12.4 Å². The number of anilines is 1. The SMILES string of the molecule is c1cc(NCC2CCNCC2)c2ccncc2c1. The van der Waals surface area contributed by atoms with Gasteiger partial charge in [0.05, 0.1) is 0 Å². The molecule has 0 aliphatic carbocycles. The number of hydrogen-bond donors (Lipinski definition) is 2. The lowest BCUT2D eigenvalue weighted by Gasteiger charge is -2.23. The van der Waals surface area contributed by atoms with Gasteiger partial charge < -0.3 is 10.6 Å². The van der Waals surface area contributed by atoms with E-state index in [1.54, 1.807) is 0 Å². The van der Waals surface area contributed by atoms with Gasteiger partial charge in [-0.15, -0.1) is 0 Å². The fourth-order valence-corrected chi connectivity index (χ4v) is 2.62. The van der Waals surface area contributed by atoms with Gasteiger partial charge in [0.2, 0.25) is 0 Å². The van der Waals surface area contributed by atoms with Crippen LogP contribution in [0.15, 0.2) is 36.7 Å². The second kappa shape index (κ2) is 5.36. The van der Waals surface area contributed by atoms with E-state index in [0.717, 1.165) is 25.6 Å². The third-order valence-electron chi connectivity index (χ3n) is 3.72. The van der Waals surface area contributed by atoms with Crippen LogP contribution >= 0.6 is 0 Å². The predicted octanol–water partition coefficient (Wildman–Crippen LogP) is 2.65. The molecule has 3 heteroatoms. The van der Waals surface area contributed by atoms with E-state index < -0.39 is 0 Å². The number of fused-ring (bicyclic) bond motifs is 1. The highest BCUT2D eigenvalue weighted by molar-refractivity contribution is 5.93. The summed E-state index contributed by atoms with van der Waals surface area (Å²) in [5, 5.41) is 9.48. The summed E-state index contributed by atoms with van der Waals surface area (Å²) in [6, 6.07) is 8.44. The Morgan fingerprint density at radius 3 is 3.00 bits per heavy atom. The van der Waals surface area contributed by atoms with Gasteiger partial charge in [0.15, 0.2) is 0 Å². The Bertz CT molecular complexity index is 513. The van der Waals surface area contributed by atoms with Crippen LogP contribution in [0, 0.1) is 5.92 Å². The molecule has 1 aliphatic rings. The molecule has 0 radical (unpaired) electrons. The molecule has 3 nitrogen and oxygen atoms in total. The molecule has 1 aromatic heterocycles. The molecular weight excluding hydrogens is 222 g/mol. The van der Waals surface area contributed by atoms with Crippen LogP contribution in [-0.4, -0.2) is 24.6 Å². The standard InChI is InChI=1S/C15H19N3/c1-2-13-11-17-9-6-14(13)15(3-1)18-10-12-4-7-16-8-5-12/h1-3,6,9,11-12,16,18H,4-5,7-8,10H2. The Balaban J connectivity index is 1.74. The van der Waals surface area contributed by atoms with Crippen molar-refractivity contribution in [3.8, 4) is 0 Å². The molecule has 2 N–H and O–H groups in total. The molecule has 0 saturated carbocycles. The number of nitrogens with zero attached hydrogens (tertiary/aromatic N) is 1. The maximum atomic E-state index is 4.17. The molecule has 0 bridgehead atoms. The van der Waals surface area contributed by atoms with Crippen molar-refractivity contribution in [3.63, 3.8) is 0 Å². The zero-order chi connectivity index (χ0) is 12.2. The molecule has 2 heterocycles. The van der Waals surface area contributed by atoms with E-state index in [0.29, 0.717) is 0 Å². The van der Waals surface area contributed by atoms with Gasteiger partial charge in [0.1, 0.15) is 0 Å². The Morgan fingerprint density at radius 2 is 2.11 bits per heavy atom. The summed E-state index contributed by atoms with van der Waals surface area (Å²) in [7, 11) is 0. The summed E-state index contributed by atoms with van der Waals surface area (Å²) in [5.41, 5.74) is 1.23. The van der Waals surface area contributed by atoms with Crippen molar-refractivity contribution < 1.29 is 0 Å². The normalized spacial score (nSPS) is 16.9. The molecule has 0 unspecified atom stereocenters. The van der Waals surface area contributed by atoms with E-state index in [-0.39, 0.29) is 0 Å². The summed E-state index contributed by atoms with van der Waals surface area (Å²) < 4.78 is 0. The quantitative estimate of drug-likeness (QED) is 0.867. The average molecular weight is 241 g/mol. The highest BCUT2D eigenvalue weighted by Gasteiger charge is 2.12. The van der Waals surface area contributed by atoms with Gasteiger partial charge >= 0.3 is 0 Å². The Labute approximate surface area is 108 Å². The van der Waals surface area contributed by atoms with E-state index in [1.165, 1.54) is 29.3 Å². The lowest BCUT2D eigenvalue weighted by molar-refractivity contribution is 0.390. The van der Waals surface area contributed by atoms with Crippen LogP contribution in [0.1, 0.15) is 12.8 Å². The van der Waals surface area contributed by atoms with Crippen LogP contribution in [0.25, 0.3) is 10.8 Å². The number of hydrogen-bond acceptors (Lipinski definition) is 3. The first-order valence-electron chi connectivity index (χ1n) is 6.71. The fourth-order valence-electron chi connectivity index (χ4n) is 2.62. The van der Waals surface area contributed by atoms with Crippen LogP contribution in [0.2, 0.25) is 0 Å². The molecule has 18 heavy (non-hydrogen) atoms. The largest absolute Gasteiger partial charge is 0.384 e. The maximum Gasteiger partial charge on any atom is 0.0421 e. The lowest BCUT2D eigenvalue weighted by atomic mass is 9.98. The van der Waals surface area contributed by atoms with Gasteiger partial charge in [-0.3, -0.25) is 4.98 Å². The second-order valence-electron chi connectivity index (χ2n) is 4.98. The Hall–Kier alpha value is -1.61. The van der Waals surface area contributed by atoms with E-state index in [2.05, 4.69) is 39.9 Å². The first kappa shape index (κ1) is 11.5. The molecule has 94 valence electrons. The zero-order valence-corrected chi connectivity index (χ0v) is 10.5. The molecule has 0 atom stereocenters. The van der Waals surface area contributed by atoms with Crippen LogP contribution in [0.3, 0.4) is 0 Å². The van der Waals surface area contributed by atoms with Crippen molar-refractivity contribution >= 4 is 16.5 Å². The highest BCUT2D eigenvalue weighted by Crippen LogP contribution is 2.23. The molecule has 1 aliphatic heterocycles. The Kier molecular flexibility index (Phi) is 3.42. The van der Waals surface area contributed by atoms with Gasteiger partial charge in [0, 0.05) is 35.4 Å². The summed E-state index contributed by atoms with van der Waals surface area (Å²) >= 11 is 0. The minimum atomic E-state index is 0.795. The first-order chi connectivity index (χ1) is 8.93. The van der Waals surface area contributed by atoms with Crippen LogP contribution in [0.4, 0.5) is 5.69 Å². The monoisotopic (exact) mass is 241 g/mol. The van der Waals surface area contributed by atoms with Gasteiger partial charge in [-0.1, -0.05) is 12.1 Å². The zero-order valence-electron chi connectivity index (χ0n) is 10.5. The van der Waals surface area contributed by atoms with Crippen LogP contribution in [-0.2, 0) is 0 Å². The topological polar surface area (TPSA) is 37.0 Å². The van der Waals surface area contributed by atoms with Gasteiger partial charge in [-0.05, 0) is 44.0 Å². The highest BCUT2D eigenvalue weighted by atomic mass is 14.9. The molecule has 0 amide bonds. The van der Waals surface area contributed by atoms with Gasteiger partial charge in [-0.25, -0.2) is 0 Å². The molecule has 3 rings (SSSR count). The minimum Gasteiger partial charge on any atom is -0.384 e. The molecular formula is C15H19N3. The summed E-state index contributed by atoms with van der Waals surface area (Å²) in [5.74, 6) is 0.795. The molecule has 1 fully saturated rings. The third-order valence-corrected chi connectivity index (χ3v) is 3.72. The Morgan fingerprint density at radius 1 is 1.22 bits per heavy atom. The van der Waals surface area contributed by atoms with Crippen molar-refractivity contribution in [1.29, 1.82) is 0 Å². The number of aromatic nitrogens is 1. The van der Waals surface area contributed by atoms with E-state index >= 15 is 0 Å². The van der Waals surface area contributed by atoms with E-state index in [9.17, 15) is 0 Å². The maximum absolute atomic E-state index is 4.17. The smallest absolute Gasteiger partial charge is 0.0421 e. The summed E-state index contributed by atoms with van der Waals surface area (Å²) in [6.45, 7) is 3.39. The number of piperidine rings is 1. The lowest BCUT2D eigenvalue weighted by Crippen LogP contribution is -2.31. The summed E-state index contributed by atoms with van der Waals surface area (Å²) in [6.07, 6.45) is 6.34. The molecule has 1 aromatic carbocycles. The van der Waals surface area contributed by atoms with Gasteiger partial charge in [0.25, 0.3) is 0 Å². The molecule has 1 saturated heterocycles. The second-order valence-corrected chi connectivity index (χ2v) is 4.98. The van der Waals surface area contributed by atoms with Crippen molar-refractivity contribution in [2.24, 2.45) is 5.92 Å². The van der Waals surface area contributed by atoms with Crippen LogP contribution in [0.5, 0.6) is 0 Å². The number of benzene rings is 1. The minimum absolute atomic E-state index is 0.795. The third kappa shape index (κ3) is 2.46. The average Bonchev–Trinajstić information content (AvgIpc) is 2.46. The molecule has 0 spiro atoms. The first-order valence-corrected chi connectivity index (χ1v) is 6.71. The van der Waals surface area contributed by atoms with Crippen molar-refractivity contribution in [3.05, 3.63) is 36.7 Å². The van der Waals surface area contributed by atoms with Crippen molar-refractivity contribution in [2.45, 2.75) is 12.8 Å². The molecule has 2 aromatic rings. The number of pyridine rings is 1. The fraction of sp³-hybridized carbons (Fsp3) is 0.400. The van der Waals surface area contributed by atoms with E-state index in [4.69, 9.17) is 0 Å². The summed E-state index contributed by atoms with van der Waals surface area (Å²) in [4.78, 5) is 4.17.